The van der Waals surface area contributed by atoms with E-state index in [0.717, 1.165) is 15.4 Å². The van der Waals surface area contributed by atoms with Crippen molar-refractivity contribution in [3.05, 3.63) is 59.4 Å². The van der Waals surface area contributed by atoms with Crippen LogP contribution in [0.4, 0.5) is 10.5 Å². The lowest BCUT2D eigenvalue weighted by molar-refractivity contribution is -0.118. The lowest BCUT2D eigenvalue weighted by Gasteiger charge is -2.33. The van der Waals surface area contributed by atoms with Crippen molar-refractivity contribution in [2.45, 2.75) is 31.2 Å². The summed E-state index contributed by atoms with van der Waals surface area (Å²) in [5.41, 5.74) is 1.23. The summed E-state index contributed by atoms with van der Waals surface area (Å²) in [4.78, 5) is 31.9. The molecule has 3 heterocycles. The molecule has 0 spiro atoms. The number of hydrogen-bond acceptors (Lipinski definition) is 5. The zero-order valence-electron chi connectivity index (χ0n) is 15.3. The van der Waals surface area contributed by atoms with Crippen LogP contribution in [0.1, 0.15) is 19.4 Å². The van der Waals surface area contributed by atoms with E-state index in [2.05, 4.69) is 10.3 Å². The summed E-state index contributed by atoms with van der Waals surface area (Å²) < 4.78 is 5.63. The first kappa shape index (κ1) is 18.8. The molecule has 28 heavy (non-hydrogen) atoms. The van der Waals surface area contributed by atoms with Crippen molar-refractivity contribution in [2.75, 3.05) is 4.90 Å². The lowest BCUT2D eigenvalue weighted by atomic mass is 10.1. The first-order chi connectivity index (χ1) is 13.4. The molecule has 2 aliphatic rings. The third kappa shape index (κ3) is 3.47. The molecule has 8 heteroatoms. The summed E-state index contributed by atoms with van der Waals surface area (Å²) in [6, 6.07) is 8.24. The number of ether oxygens (including phenoxy) is 1. The highest BCUT2D eigenvalue weighted by Crippen LogP contribution is 2.44. The van der Waals surface area contributed by atoms with Crippen LogP contribution in [0.5, 0.6) is 5.75 Å². The molecular formula is C20H18ClN3O3S. The Hall–Kier alpha value is -2.51. The highest BCUT2D eigenvalue weighted by Gasteiger charge is 2.45. The summed E-state index contributed by atoms with van der Waals surface area (Å²) in [5.74, 6) is 0.213. The van der Waals surface area contributed by atoms with Gasteiger partial charge in [0, 0.05) is 21.6 Å². The molecule has 1 fully saturated rings. The number of hydrogen-bond donors (Lipinski definition) is 1. The number of thioether (sulfide) groups is 1. The minimum absolute atomic E-state index is 0.0416. The first-order valence-corrected chi connectivity index (χ1v) is 10.1. The molecule has 0 radical (unpaired) electrons. The van der Waals surface area contributed by atoms with E-state index >= 15 is 0 Å². The molecule has 2 aromatic rings. The van der Waals surface area contributed by atoms with Crippen LogP contribution in [0.2, 0.25) is 5.02 Å². The summed E-state index contributed by atoms with van der Waals surface area (Å²) in [5, 5.41) is 3.04. The number of pyridine rings is 1. The third-order valence-electron chi connectivity index (χ3n) is 4.34. The Morgan fingerprint density at radius 1 is 1.25 bits per heavy atom. The van der Waals surface area contributed by atoms with Crippen molar-refractivity contribution in [1.29, 1.82) is 0 Å². The van der Waals surface area contributed by atoms with Gasteiger partial charge in [-0.1, -0.05) is 29.8 Å². The van der Waals surface area contributed by atoms with Crippen LogP contribution in [0.15, 0.2) is 48.8 Å². The fraction of sp³-hybridized carbons (Fsp3) is 0.250. The fourth-order valence-electron chi connectivity index (χ4n) is 3.18. The second-order valence-electron chi connectivity index (χ2n) is 6.74. The molecular weight excluding hydrogens is 398 g/mol. The van der Waals surface area contributed by atoms with Gasteiger partial charge >= 0.3 is 6.03 Å². The fourth-order valence-corrected chi connectivity index (χ4v) is 4.78. The smallest absolute Gasteiger partial charge is 0.329 e. The molecule has 1 aromatic heterocycles. The van der Waals surface area contributed by atoms with Gasteiger partial charge in [0.25, 0.3) is 5.91 Å². The molecule has 0 aliphatic carbocycles. The number of aromatic nitrogens is 1. The topological polar surface area (TPSA) is 71.5 Å². The monoisotopic (exact) mass is 415 g/mol. The van der Waals surface area contributed by atoms with Crippen LogP contribution in [-0.2, 0) is 4.79 Å². The van der Waals surface area contributed by atoms with Gasteiger partial charge in [0.05, 0.1) is 30.2 Å². The van der Waals surface area contributed by atoms with Crippen LogP contribution < -0.4 is 15.0 Å². The maximum Gasteiger partial charge on any atom is 0.329 e. The number of nitrogens with one attached hydrogen (secondary N) is 1. The van der Waals surface area contributed by atoms with Gasteiger partial charge in [-0.3, -0.25) is 9.78 Å². The van der Waals surface area contributed by atoms with E-state index in [1.54, 1.807) is 18.3 Å². The largest absolute Gasteiger partial charge is 0.489 e. The van der Waals surface area contributed by atoms with E-state index in [1.807, 2.05) is 38.1 Å². The number of urea groups is 1. The second-order valence-corrected chi connectivity index (χ2v) is 8.33. The SMILES string of the molecule is CC(C)Oc1cncc(N2C(=O)NC3C=C(c4ccccc4Cl)SC3C2=O)c1. The van der Waals surface area contributed by atoms with Crippen LogP contribution in [-0.4, -0.2) is 34.3 Å². The molecule has 1 N–H and O–H groups in total. The van der Waals surface area contributed by atoms with Gasteiger partial charge in [-0.2, -0.15) is 0 Å². The molecule has 4 rings (SSSR count). The average molecular weight is 416 g/mol. The number of nitrogens with zero attached hydrogens (tertiary/aromatic N) is 2. The molecule has 2 unspecified atom stereocenters. The summed E-state index contributed by atoms with van der Waals surface area (Å²) in [6.07, 6.45) is 4.88. The van der Waals surface area contributed by atoms with Gasteiger partial charge in [0.2, 0.25) is 0 Å². The Kier molecular flexibility index (Phi) is 5.03. The summed E-state index contributed by atoms with van der Waals surface area (Å²) in [7, 11) is 0. The highest BCUT2D eigenvalue weighted by atomic mass is 35.5. The van der Waals surface area contributed by atoms with Crippen molar-refractivity contribution in [2.24, 2.45) is 0 Å². The van der Waals surface area contributed by atoms with Crippen molar-refractivity contribution in [3.8, 4) is 5.75 Å². The Bertz CT molecular complexity index is 979. The maximum absolute atomic E-state index is 13.1. The predicted octanol–water partition coefficient (Wildman–Crippen LogP) is 4.10. The molecule has 0 bridgehead atoms. The molecule has 1 aromatic carbocycles. The molecule has 6 nitrogen and oxygen atoms in total. The molecule has 2 aliphatic heterocycles. The Balaban J connectivity index is 1.60. The standard InChI is InChI=1S/C20H18ClN3O3S/c1-11(2)27-13-7-12(9-22-10-13)24-19(25)18-16(23-20(24)26)8-17(28-18)14-5-3-4-6-15(14)21/h3-11,16,18H,1-2H3,(H,23,26). The van der Waals surface area contributed by atoms with Crippen LogP contribution in [0.3, 0.4) is 0 Å². The number of anilines is 1. The van der Waals surface area contributed by atoms with Crippen LogP contribution in [0.25, 0.3) is 4.91 Å². The van der Waals surface area contributed by atoms with Gasteiger partial charge in [-0.15, -0.1) is 11.8 Å². The number of benzene rings is 1. The highest BCUT2D eigenvalue weighted by molar-refractivity contribution is 8.09. The van der Waals surface area contributed by atoms with E-state index in [1.165, 1.54) is 18.0 Å². The van der Waals surface area contributed by atoms with Gasteiger partial charge in [-0.25, -0.2) is 9.69 Å². The van der Waals surface area contributed by atoms with E-state index in [0.29, 0.717) is 16.5 Å². The normalized spacial score (nSPS) is 21.4. The number of imide groups is 1. The van der Waals surface area contributed by atoms with Gasteiger partial charge in [0.1, 0.15) is 11.0 Å². The van der Waals surface area contributed by atoms with Crippen molar-refractivity contribution in [1.82, 2.24) is 10.3 Å². The zero-order chi connectivity index (χ0) is 19.8. The Morgan fingerprint density at radius 2 is 2.04 bits per heavy atom. The minimum Gasteiger partial charge on any atom is -0.489 e. The van der Waals surface area contributed by atoms with E-state index in [4.69, 9.17) is 16.3 Å². The third-order valence-corrected chi connectivity index (χ3v) is 6.02. The van der Waals surface area contributed by atoms with Gasteiger partial charge < -0.3 is 10.1 Å². The number of halogens is 1. The number of rotatable bonds is 4. The molecule has 144 valence electrons. The summed E-state index contributed by atoms with van der Waals surface area (Å²) >= 11 is 7.70. The molecule has 0 saturated carbocycles. The molecule has 1 saturated heterocycles. The van der Waals surface area contributed by atoms with E-state index in [9.17, 15) is 9.59 Å². The number of carbonyl (C=O) groups excluding carboxylic acids is 2. The van der Waals surface area contributed by atoms with E-state index in [-0.39, 0.29) is 18.1 Å². The van der Waals surface area contributed by atoms with Gasteiger partial charge in [0.15, 0.2) is 0 Å². The van der Waals surface area contributed by atoms with E-state index < -0.39 is 11.3 Å². The van der Waals surface area contributed by atoms with Crippen LogP contribution in [0, 0.1) is 0 Å². The quantitative estimate of drug-likeness (QED) is 0.813. The van der Waals surface area contributed by atoms with Gasteiger partial charge in [-0.05, 0) is 26.0 Å². The molecule has 3 amide bonds. The number of amides is 3. The average Bonchev–Trinajstić information content (AvgIpc) is 3.06. The lowest BCUT2D eigenvalue weighted by Crippen LogP contribution is -2.60. The minimum atomic E-state index is -0.480. The number of carbonyl (C=O) groups is 2. The Labute approximate surface area is 171 Å². The Morgan fingerprint density at radius 3 is 2.79 bits per heavy atom. The second kappa shape index (κ2) is 7.48. The maximum atomic E-state index is 13.1. The predicted molar refractivity (Wildman–Crippen MR) is 111 cm³/mol. The number of fused-ring (bicyclic) bond motifs is 1. The van der Waals surface area contributed by atoms with Crippen molar-refractivity contribution < 1.29 is 14.3 Å². The van der Waals surface area contributed by atoms with Crippen molar-refractivity contribution >= 4 is 45.9 Å². The summed E-state index contributed by atoms with van der Waals surface area (Å²) in [6.45, 7) is 3.79. The van der Waals surface area contributed by atoms with Crippen LogP contribution >= 0.6 is 23.4 Å². The molecule has 2 atom stereocenters. The van der Waals surface area contributed by atoms with Crippen molar-refractivity contribution in [3.63, 3.8) is 0 Å². The zero-order valence-corrected chi connectivity index (χ0v) is 16.8. The first-order valence-electron chi connectivity index (χ1n) is 8.83.